The Kier molecular flexibility index (Phi) is 4.42. The van der Waals surface area contributed by atoms with Crippen LogP contribution in [-0.4, -0.2) is 43.0 Å². The fourth-order valence-corrected chi connectivity index (χ4v) is 2.98. The first kappa shape index (κ1) is 15.0. The Morgan fingerprint density at radius 2 is 2.00 bits per heavy atom. The van der Waals surface area contributed by atoms with Gasteiger partial charge in [0.25, 0.3) is 0 Å². The van der Waals surface area contributed by atoms with Crippen molar-refractivity contribution in [1.82, 2.24) is 9.80 Å². The van der Waals surface area contributed by atoms with Crippen molar-refractivity contribution in [3.8, 4) is 6.07 Å². The Morgan fingerprint density at radius 3 is 2.50 bits per heavy atom. The number of halogens is 1. The topological polar surface area (TPSA) is 30.3 Å². The lowest BCUT2D eigenvalue weighted by atomic mass is 9.75. The van der Waals surface area contributed by atoms with Gasteiger partial charge < -0.3 is 9.80 Å². The fourth-order valence-electron chi connectivity index (χ4n) is 2.98. The summed E-state index contributed by atoms with van der Waals surface area (Å²) >= 11 is 0. The van der Waals surface area contributed by atoms with Gasteiger partial charge in [0.1, 0.15) is 5.82 Å². The monoisotopic (exact) mass is 275 g/mol. The maximum absolute atomic E-state index is 13.3. The van der Waals surface area contributed by atoms with E-state index in [2.05, 4.69) is 30.0 Å². The third-order valence-corrected chi connectivity index (χ3v) is 4.43. The minimum absolute atomic E-state index is 0.245. The van der Waals surface area contributed by atoms with Gasteiger partial charge in [-0.05, 0) is 64.2 Å². The third-order valence-electron chi connectivity index (χ3n) is 4.43. The zero-order chi connectivity index (χ0) is 14.8. The highest BCUT2D eigenvalue weighted by Crippen LogP contribution is 2.36. The summed E-state index contributed by atoms with van der Waals surface area (Å²) in [4.78, 5) is 4.48. The van der Waals surface area contributed by atoms with E-state index in [1.807, 2.05) is 7.05 Å². The van der Waals surface area contributed by atoms with Crippen LogP contribution >= 0.6 is 0 Å². The van der Waals surface area contributed by atoms with Crippen LogP contribution in [0.4, 0.5) is 4.39 Å². The van der Waals surface area contributed by atoms with Crippen LogP contribution in [-0.2, 0) is 6.54 Å². The first-order valence-corrected chi connectivity index (χ1v) is 7.01. The van der Waals surface area contributed by atoms with Crippen LogP contribution in [0.25, 0.3) is 0 Å². The van der Waals surface area contributed by atoms with E-state index in [9.17, 15) is 4.39 Å². The van der Waals surface area contributed by atoms with Crippen molar-refractivity contribution < 1.29 is 4.39 Å². The number of rotatable bonds is 5. The summed E-state index contributed by atoms with van der Waals surface area (Å²) in [7, 11) is 6.28. The molecule has 0 amide bonds. The molecule has 1 aromatic carbocycles. The van der Waals surface area contributed by atoms with Crippen molar-refractivity contribution in [3.05, 3.63) is 35.1 Å². The third kappa shape index (κ3) is 3.00. The molecule has 0 heterocycles. The molecule has 4 heteroatoms. The Hall–Kier alpha value is -1.44. The van der Waals surface area contributed by atoms with Crippen LogP contribution in [0.1, 0.15) is 30.4 Å². The summed E-state index contributed by atoms with van der Waals surface area (Å²) in [6, 6.07) is 6.51. The molecule has 0 aliphatic heterocycles. The molecule has 0 saturated heterocycles. The number of likely N-dealkylation sites (N-methyl/N-ethyl adjacent to an activating group) is 2. The molecule has 108 valence electrons. The van der Waals surface area contributed by atoms with Crippen molar-refractivity contribution >= 4 is 0 Å². The Morgan fingerprint density at radius 1 is 1.30 bits per heavy atom. The van der Waals surface area contributed by atoms with Crippen LogP contribution in [0, 0.1) is 17.1 Å². The second kappa shape index (κ2) is 5.90. The number of hydrogen-bond acceptors (Lipinski definition) is 3. The highest BCUT2D eigenvalue weighted by atomic mass is 19.1. The SMILES string of the molecule is CN(Cc1cc(F)ccc1C#N)CC1(N(C)C)CCC1. The summed E-state index contributed by atoms with van der Waals surface area (Å²) < 4.78 is 13.3. The summed E-state index contributed by atoms with van der Waals surface area (Å²) in [5.41, 5.74) is 1.57. The van der Waals surface area contributed by atoms with Gasteiger partial charge in [0.15, 0.2) is 0 Å². The molecule has 20 heavy (non-hydrogen) atoms. The maximum Gasteiger partial charge on any atom is 0.123 e. The normalized spacial score (nSPS) is 17.1. The molecular formula is C16H22FN3. The van der Waals surface area contributed by atoms with Gasteiger partial charge >= 0.3 is 0 Å². The minimum atomic E-state index is -0.279. The van der Waals surface area contributed by atoms with Gasteiger partial charge in [-0.3, -0.25) is 0 Å². The zero-order valence-electron chi connectivity index (χ0n) is 12.5. The second-order valence-electron chi connectivity index (χ2n) is 6.06. The van der Waals surface area contributed by atoms with E-state index in [1.54, 1.807) is 6.07 Å². The van der Waals surface area contributed by atoms with E-state index < -0.39 is 0 Å². The molecule has 1 saturated carbocycles. The van der Waals surface area contributed by atoms with Gasteiger partial charge in [0.05, 0.1) is 11.6 Å². The Balaban J connectivity index is 2.07. The van der Waals surface area contributed by atoms with E-state index >= 15 is 0 Å². The lowest BCUT2D eigenvalue weighted by Crippen LogP contribution is -2.56. The molecule has 1 aromatic rings. The largest absolute Gasteiger partial charge is 0.302 e. The van der Waals surface area contributed by atoms with Crippen molar-refractivity contribution in [3.63, 3.8) is 0 Å². The number of benzene rings is 1. The molecule has 2 rings (SSSR count). The highest BCUT2D eigenvalue weighted by molar-refractivity contribution is 5.37. The van der Waals surface area contributed by atoms with Crippen molar-refractivity contribution in [2.45, 2.75) is 31.3 Å². The maximum atomic E-state index is 13.3. The predicted octanol–water partition coefficient (Wildman–Crippen LogP) is 2.61. The molecule has 0 N–H and O–H groups in total. The summed E-state index contributed by atoms with van der Waals surface area (Å²) in [6.45, 7) is 1.55. The molecule has 0 bridgehead atoms. The number of nitrogens with zero attached hydrogens (tertiary/aromatic N) is 3. The molecule has 0 unspecified atom stereocenters. The molecule has 0 spiro atoms. The Labute approximate surface area is 120 Å². The molecule has 1 fully saturated rings. The lowest BCUT2D eigenvalue weighted by molar-refractivity contribution is 0.0258. The molecule has 1 aliphatic rings. The van der Waals surface area contributed by atoms with Gasteiger partial charge in [-0.2, -0.15) is 5.26 Å². The standard InChI is InChI=1S/C16H22FN3/c1-19(2)16(7-4-8-16)12-20(3)11-14-9-15(17)6-5-13(14)10-18/h5-6,9H,4,7-8,11-12H2,1-3H3. The van der Waals surface area contributed by atoms with Crippen molar-refractivity contribution in [2.24, 2.45) is 0 Å². The minimum Gasteiger partial charge on any atom is -0.302 e. The van der Waals surface area contributed by atoms with Crippen LogP contribution in [0.15, 0.2) is 18.2 Å². The van der Waals surface area contributed by atoms with Crippen LogP contribution < -0.4 is 0 Å². The van der Waals surface area contributed by atoms with Crippen LogP contribution in [0.5, 0.6) is 0 Å². The molecule has 0 radical (unpaired) electrons. The molecule has 1 aliphatic carbocycles. The van der Waals surface area contributed by atoms with E-state index in [-0.39, 0.29) is 11.4 Å². The molecular weight excluding hydrogens is 253 g/mol. The smallest absolute Gasteiger partial charge is 0.123 e. The number of nitriles is 1. The summed E-state index contributed by atoms with van der Waals surface area (Å²) in [5.74, 6) is -0.279. The molecule has 0 aromatic heterocycles. The lowest BCUT2D eigenvalue weighted by Gasteiger charge is -2.49. The van der Waals surface area contributed by atoms with E-state index in [0.717, 1.165) is 12.1 Å². The molecule has 0 atom stereocenters. The van der Waals surface area contributed by atoms with Crippen LogP contribution in [0.3, 0.4) is 0 Å². The Bertz CT molecular complexity index is 515. The molecule has 3 nitrogen and oxygen atoms in total. The van der Waals surface area contributed by atoms with Crippen LogP contribution in [0.2, 0.25) is 0 Å². The second-order valence-corrected chi connectivity index (χ2v) is 6.06. The van der Waals surface area contributed by atoms with E-state index in [1.165, 1.54) is 31.4 Å². The van der Waals surface area contributed by atoms with Gasteiger partial charge in [0, 0.05) is 18.6 Å². The van der Waals surface area contributed by atoms with Gasteiger partial charge in [-0.1, -0.05) is 0 Å². The summed E-state index contributed by atoms with van der Waals surface area (Å²) in [5, 5.41) is 9.10. The quantitative estimate of drug-likeness (QED) is 0.827. The van der Waals surface area contributed by atoms with Gasteiger partial charge in [-0.25, -0.2) is 4.39 Å². The van der Waals surface area contributed by atoms with Gasteiger partial charge in [0.2, 0.25) is 0 Å². The zero-order valence-corrected chi connectivity index (χ0v) is 12.5. The average Bonchev–Trinajstić information content (AvgIpc) is 2.33. The first-order valence-electron chi connectivity index (χ1n) is 7.01. The average molecular weight is 275 g/mol. The first-order chi connectivity index (χ1) is 9.47. The summed E-state index contributed by atoms with van der Waals surface area (Å²) in [6.07, 6.45) is 3.69. The highest BCUT2D eigenvalue weighted by Gasteiger charge is 2.39. The van der Waals surface area contributed by atoms with Gasteiger partial charge in [-0.15, -0.1) is 0 Å². The van der Waals surface area contributed by atoms with Crippen molar-refractivity contribution in [2.75, 3.05) is 27.7 Å². The predicted molar refractivity (Wildman–Crippen MR) is 77.7 cm³/mol. The fraction of sp³-hybridized carbons (Fsp3) is 0.562. The van der Waals surface area contributed by atoms with E-state index in [0.29, 0.717) is 12.1 Å². The van der Waals surface area contributed by atoms with Crippen molar-refractivity contribution in [1.29, 1.82) is 5.26 Å². The van der Waals surface area contributed by atoms with E-state index in [4.69, 9.17) is 5.26 Å². The number of hydrogen-bond donors (Lipinski definition) is 0.